The highest BCUT2D eigenvalue weighted by Gasteiger charge is 2.47. The molecule has 1 aliphatic carbocycles. The number of nitrogens with zero attached hydrogens (tertiary/aromatic N) is 1. The Kier molecular flexibility index (Phi) is 3.32. The van der Waals surface area contributed by atoms with Gasteiger partial charge in [0.1, 0.15) is 5.72 Å². The molecule has 2 rings (SSSR count). The maximum absolute atomic E-state index is 11.3. The minimum absolute atomic E-state index is 0.0602. The van der Waals surface area contributed by atoms with Crippen LogP contribution >= 0.6 is 0 Å². The topological polar surface area (TPSA) is 70.0 Å². The summed E-state index contributed by atoms with van der Waals surface area (Å²) in [7, 11) is 0. The highest BCUT2D eigenvalue weighted by molar-refractivity contribution is 5.66. The lowest BCUT2D eigenvalue weighted by Crippen LogP contribution is -2.50. The van der Waals surface area contributed by atoms with Crippen molar-refractivity contribution in [1.82, 2.24) is 4.90 Å². The van der Waals surface area contributed by atoms with Crippen LogP contribution in [0.15, 0.2) is 0 Å². The Hall–Kier alpha value is -0.810. The molecule has 0 radical (unpaired) electrons. The first-order valence-electron chi connectivity index (χ1n) is 6.26. The Bertz CT molecular complexity index is 297. The molecular formula is C12H21NO4. The average Bonchev–Trinajstić information content (AvgIpc) is 2.55. The molecule has 2 fully saturated rings. The Morgan fingerprint density at radius 1 is 1.29 bits per heavy atom. The van der Waals surface area contributed by atoms with Crippen LogP contribution in [0.2, 0.25) is 0 Å². The monoisotopic (exact) mass is 243 g/mol. The minimum Gasteiger partial charge on any atom is -0.465 e. The standard InChI is InChI=1S/C12H21NO4/c1-12(2)13(11(15)16)10(7-17-12)8-3-5-9(14)6-4-8/h8-10,14H,3-7H2,1-2H3,(H,15,16)/t8?,9?,10-/m1/s1. The molecule has 1 amide bonds. The van der Waals surface area contributed by atoms with Crippen molar-refractivity contribution < 1.29 is 19.7 Å². The van der Waals surface area contributed by atoms with Crippen LogP contribution in [0, 0.1) is 5.92 Å². The maximum atomic E-state index is 11.3. The molecule has 0 aromatic heterocycles. The highest BCUT2D eigenvalue weighted by Crippen LogP contribution is 2.37. The fraction of sp³-hybridized carbons (Fsp3) is 0.917. The fourth-order valence-electron chi connectivity index (χ4n) is 3.04. The second kappa shape index (κ2) is 4.46. The summed E-state index contributed by atoms with van der Waals surface area (Å²) in [6.07, 6.45) is 2.19. The van der Waals surface area contributed by atoms with Crippen molar-refractivity contribution in [2.75, 3.05) is 6.61 Å². The average molecular weight is 243 g/mol. The first kappa shape index (κ1) is 12.6. The summed E-state index contributed by atoms with van der Waals surface area (Å²) in [4.78, 5) is 12.8. The van der Waals surface area contributed by atoms with E-state index in [2.05, 4.69) is 0 Å². The van der Waals surface area contributed by atoms with Crippen LogP contribution in [0.5, 0.6) is 0 Å². The molecular weight excluding hydrogens is 222 g/mol. The van der Waals surface area contributed by atoms with E-state index in [1.807, 2.05) is 0 Å². The normalized spacial score (nSPS) is 37.1. The Morgan fingerprint density at radius 3 is 2.41 bits per heavy atom. The Balaban J connectivity index is 2.08. The number of ether oxygens (including phenoxy) is 1. The molecule has 0 spiro atoms. The van der Waals surface area contributed by atoms with E-state index in [-0.39, 0.29) is 12.1 Å². The Labute approximate surface area is 101 Å². The van der Waals surface area contributed by atoms with E-state index in [4.69, 9.17) is 4.74 Å². The van der Waals surface area contributed by atoms with Crippen molar-refractivity contribution in [2.45, 2.75) is 57.4 Å². The summed E-state index contributed by atoms with van der Waals surface area (Å²) in [5.41, 5.74) is -0.730. The molecule has 0 unspecified atom stereocenters. The molecule has 1 atom stereocenters. The quantitative estimate of drug-likeness (QED) is 0.734. The zero-order valence-corrected chi connectivity index (χ0v) is 10.4. The number of amides is 1. The molecule has 5 nitrogen and oxygen atoms in total. The number of hydrogen-bond donors (Lipinski definition) is 2. The molecule has 5 heteroatoms. The van der Waals surface area contributed by atoms with Crippen LogP contribution in [0.4, 0.5) is 4.79 Å². The summed E-state index contributed by atoms with van der Waals surface area (Å²) in [6.45, 7) is 4.05. The van der Waals surface area contributed by atoms with Crippen molar-refractivity contribution in [3.8, 4) is 0 Å². The molecule has 0 aromatic rings. The van der Waals surface area contributed by atoms with Gasteiger partial charge in [0.25, 0.3) is 0 Å². The second-order valence-corrected chi connectivity index (χ2v) is 5.55. The predicted molar refractivity (Wildman–Crippen MR) is 61.6 cm³/mol. The number of aliphatic hydroxyl groups excluding tert-OH is 1. The van der Waals surface area contributed by atoms with E-state index in [0.717, 1.165) is 25.7 Å². The van der Waals surface area contributed by atoms with Crippen molar-refractivity contribution in [2.24, 2.45) is 5.92 Å². The number of aliphatic hydroxyl groups is 1. The van der Waals surface area contributed by atoms with Crippen molar-refractivity contribution in [1.29, 1.82) is 0 Å². The maximum Gasteiger partial charge on any atom is 0.409 e. The summed E-state index contributed by atoms with van der Waals surface area (Å²) < 4.78 is 5.59. The minimum atomic E-state index is -0.913. The second-order valence-electron chi connectivity index (χ2n) is 5.55. The zero-order valence-electron chi connectivity index (χ0n) is 10.4. The Morgan fingerprint density at radius 2 is 1.88 bits per heavy atom. The fourth-order valence-corrected chi connectivity index (χ4v) is 3.04. The summed E-state index contributed by atoms with van der Waals surface area (Å²) >= 11 is 0. The summed E-state index contributed by atoms with van der Waals surface area (Å²) in [5, 5.41) is 18.8. The van der Waals surface area contributed by atoms with E-state index in [9.17, 15) is 15.0 Å². The molecule has 0 bridgehead atoms. The van der Waals surface area contributed by atoms with Gasteiger partial charge in [0.05, 0.1) is 18.8 Å². The highest BCUT2D eigenvalue weighted by atomic mass is 16.5. The van der Waals surface area contributed by atoms with Gasteiger partial charge < -0.3 is 14.9 Å². The van der Waals surface area contributed by atoms with Gasteiger partial charge in [0.2, 0.25) is 0 Å². The third-order valence-electron chi connectivity index (χ3n) is 4.01. The number of carbonyl (C=O) groups is 1. The lowest BCUT2D eigenvalue weighted by atomic mass is 9.82. The molecule has 1 saturated heterocycles. The van der Waals surface area contributed by atoms with Gasteiger partial charge in [-0.1, -0.05) is 0 Å². The van der Waals surface area contributed by atoms with E-state index in [0.29, 0.717) is 12.5 Å². The predicted octanol–water partition coefficient (Wildman–Crippen LogP) is 1.65. The molecule has 1 aliphatic heterocycles. The van der Waals surface area contributed by atoms with Gasteiger partial charge in [-0.25, -0.2) is 4.79 Å². The van der Waals surface area contributed by atoms with Crippen LogP contribution in [0.3, 0.4) is 0 Å². The van der Waals surface area contributed by atoms with Crippen LogP contribution in [-0.4, -0.2) is 45.7 Å². The molecule has 17 heavy (non-hydrogen) atoms. The molecule has 1 saturated carbocycles. The van der Waals surface area contributed by atoms with Gasteiger partial charge >= 0.3 is 6.09 Å². The first-order valence-corrected chi connectivity index (χ1v) is 6.26. The SMILES string of the molecule is CC1(C)OC[C@H](C2CCC(O)CC2)N1C(=O)O. The summed E-state index contributed by atoms with van der Waals surface area (Å²) in [5.74, 6) is 0.316. The van der Waals surface area contributed by atoms with E-state index >= 15 is 0 Å². The molecule has 1 heterocycles. The first-order chi connectivity index (χ1) is 7.92. The van der Waals surface area contributed by atoms with Gasteiger partial charge in [-0.05, 0) is 45.4 Å². The molecule has 0 aromatic carbocycles. The van der Waals surface area contributed by atoms with Gasteiger partial charge in [0.15, 0.2) is 0 Å². The molecule has 98 valence electrons. The van der Waals surface area contributed by atoms with Crippen molar-refractivity contribution >= 4 is 6.09 Å². The van der Waals surface area contributed by atoms with Crippen LogP contribution < -0.4 is 0 Å². The van der Waals surface area contributed by atoms with E-state index < -0.39 is 11.8 Å². The van der Waals surface area contributed by atoms with Gasteiger partial charge in [-0.3, -0.25) is 4.90 Å². The van der Waals surface area contributed by atoms with Gasteiger partial charge in [0, 0.05) is 0 Å². The largest absolute Gasteiger partial charge is 0.465 e. The van der Waals surface area contributed by atoms with Crippen LogP contribution in [0.1, 0.15) is 39.5 Å². The molecule has 2 N–H and O–H groups in total. The van der Waals surface area contributed by atoms with E-state index in [1.165, 1.54) is 4.90 Å². The third-order valence-corrected chi connectivity index (χ3v) is 4.01. The lowest BCUT2D eigenvalue weighted by molar-refractivity contribution is -0.0446. The summed E-state index contributed by atoms with van der Waals surface area (Å²) in [6, 6.07) is -0.0602. The van der Waals surface area contributed by atoms with Crippen LogP contribution in [0.25, 0.3) is 0 Å². The smallest absolute Gasteiger partial charge is 0.409 e. The van der Waals surface area contributed by atoms with Gasteiger partial charge in [-0.2, -0.15) is 0 Å². The van der Waals surface area contributed by atoms with E-state index in [1.54, 1.807) is 13.8 Å². The van der Waals surface area contributed by atoms with Crippen molar-refractivity contribution in [3.63, 3.8) is 0 Å². The number of hydrogen-bond acceptors (Lipinski definition) is 3. The van der Waals surface area contributed by atoms with Crippen LogP contribution in [-0.2, 0) is 4.74 Å². The number of carboxylic acid groups (broad SMARTS) is 1. The van der Waals surface area contributed by atoms with Gasteiger partial charge in [-0.15, -0.1) is 0 Å². The lowest BCUT2D eigenvalue weighted by Gasteiger charge is -2.36. The zero-order chi connectivity index (χ0) is 12.6. The van der Waals surface area contributed by atoms with Crippen molar-refractivity contribution in [3.05, 3.63) is 0 Å². The third kappa shape index (κ3) is 2.40. The number of rotatable bonds is 1. The molecule has 2 aliphatic rings.